The van der Waals surface area contributed by atoms with Crippen LogP contribution in [0.15, 0.2) is 12.1 Å². The molecule has 1 N–H and O–H groups in total. The zero-order chi connectivity index (χ0) is 17.8. The van der Waals surface area contributed by atoms with Gasteiger partial charge < -0.3 is 14.8 Å². The summed E-state index contributed by atoms with van der Waals surface area (Å²) in [4.78, 5) is 16.4. The Bertz CT molecular complexity index is 660. The minimum absolute atomic E-state index is 0.203. The summed E-state index contributed by atoms with van der Waals surface area (Å²) in [5.74, 6) is 2.24. The topological polar surface area (TPSA) is 84.2 Å². The highest BCUT2D eigenvalue weighted by molar-refractivity contribution is 5.70. The van der Waals surface area contributed by atoms with Gasteiger partial charge in [0.15, 0.2) is 0 Å². The molecule has 134 valence electrons. The summed E-state index contributed by atoms with van der Waals surface area (Å²) in [6.07, 6.45) is 4.65. The maximum Gasteiger partial charge on any atom is 0.414 e. The molecule has 1 heterocycles. The molecule has 1 amide bonds. The van der Waals surface area contributed by atoms with Gasteiger partial charge in [0.2, 0.25) is 11.8 Å². The molecular weight excluding hydrogens is 318 g/mol. The van der Waals surface area contributed by atoms with Gasteiger partial charge in [-0.15, -0.1) is 0 Å². The molecule has 2 aliphatic carbocycles. The second-order valence-corrected chi connectivity index (χ2v) is 7.42. The number of hydrogen-bond acceptors (Lipinski definition) is 5. The first-order valence-electron chi connectivity index (χ1n) is 9.07. The van der Waals surface area contributed by atoms with Crippen LogP contribution in [-0.4, -0.2) is 23.7 Å². The molecule has 6 nitrogen and oxygen atoms in total. The van der Waals surface area contributed by atoms with Crippen molar-refractivity contribution in [3.8, 4) is 17.8 Å². The van der Waals surface area contributed by atoms with Crippen molar-refractivity contribution in [1.29, 1.82) is 5.26 Å². The molecular formula is C19H25N3O3. The third kappa shape index (κ3) is 5.35. The number of rotatable bonds is 8. The number of hydrogen-bond donors (Lipinski definition) is 1. The van der Waals surface area contributed by atoms with Gasteiger partial charge in [-0.2, -0.15) is 10.2 Å². The predicted octanol–water partition coefficient (Wildman–Crippen LogP) is 3.77. The Balaban J connectivity index is 1.61. The Kier molecular flexibility index (Phi) is 5.42. The van der Waals surface area contributed by atoms with Gasteiger partial charge in [-0.3, -0.25) is 0 Å². The normalized spacial score (nSPS) is 17.7. The van der Waals surface area contributed by atoms with Gasteiger partial charge in [0.05, 0.1) is 12.7 Å². The summed E-state index contributed by atoms with van der Waals surface area (Å²) >= 11 is 0. The minimum atomic E-state index is -0.660. The number of ether oxygens (including phenoxy) is 2. The van der Waals surface area contributed by atoms with Crippen molar-refractivity contribution in [1.82, 2.24) is 10.3 Å². The third-order valence-corrected chi connectivity index (χ3v) is 4.39. The summed E-state index contributed by atoms with van der Waals surface area (Å²) in [5.41, 5.74) is 1.10. The van der Waals surface area contributed by atoms with Gasteiger partial charge >= 0.3 is 6.09 Å². The fourth-order valence-electron chi connectivity index (χ4n) is 2.68. The molecule has 0 bridgehead atoms. The van der Waals surface area contributed by atoms with E-state index in [-0.39, 0.29) is 5.88 Å². The van der Waals surface area contributed by atoms with Crippen molar-refractivity contribution in [2.45, 2.75) is 57.9 Å². The fourth-order valence-corrected chi connectivity index (χ4v) is 2.68. The maximum absolute atomic E-state index is 12.0. The average Bonchev–Trinajstić information content (AvgIpc) is 3.45. The van der Waals surface area contributed by atoms with Crippen molar-refractivity contribution < 1.29 is 14.3 Å². The number of nitrogens with one attached hydrogen (secondary N) is 1. The molecule has 2 aliphatic rings. The third-order valence-electron chi connectivity index (χ3n) is 4.39. The van der Waals surface area contributed by atoms with Gasteiger partial charge in [0.25, 0.3) is 0 Å². The van der Waals surface area contributed by atoms with Gasteiger partial charge in [-0.25, -0.2) is 4.79 Å². The smallest absolute Gasteiger partial charge is 0.414 e. The average molecular weight is 343 g/mol. The molecule has 1 atom stereocenters. The molecule has 1 unspecified atom stereocenters. The van der Waals surface area contributed by atoms with Crippen molar-refractivity contribution in [2.24, 2.45) is 11.8 Å². The van der Waals surface area contributed by atoms with E-state index in [1.54, 1.807) is 6.07 Å². The summed E-state index contributed by atoms with van der Waals surface area (Å²) in [6, 6.07) is 5.14. The molecule has 6 heteroatoms. The van der Waals surface area contributed by atoms with Crippen LogP contribution in [0.1, 0.15) is 57.4 Å². The number of aromatic nitrogens is 1. The zero-order valence-electron chi connectivity index (χ0n) is 14.8. The molecule has 1 aromatic rings. The van der Waals surface area contributed by atoms with Crippen molar-refractivity contribution >= 4 is 6.09 Å². The van der Waals surface area contributed by atoms with E-state index in [4.69, 9.17) is 14.7 Å². The monoisotopic (exact) mass is 343 g/mol. The molecule has 2 fully saturated rings. The molecule has 1 aromatic heterocycles. The van der Waals surface area contributed by atoms with Crippen LogP contribution in [0.4, 0.5) is 4.79 Å². The molecule has 3 rings (SSSR count). The SMILES string of the molecule is CC(C)CC(C#N)NC(=O)Oc1ccc(C2CC2)c(OCC2CC2)n1. The van der Waals surface area contributed by atoms with E-state index < -0.39 is 12.1 Å². The van der Waals surface area contributed by atoms with Crippen LogP contribution in [0.5, 0.6) is 11.8 Å². The number of carbonyl (C=O) groups excluding carboxylic acids is 1. The zero-order valence-corrected chi connectivity index (χ0v) is 14.8. The van der Waals surface area contributed by atoms with Crippen LogP contribution in [0.3, 0.4) is 0 Å². The maximum atomic E-state index is 12.0. The van der Waals surface area contributed by atoms with Crippen LogP contribution in [-0.2, 0) is 0 Å². The molecule has 0 aliphatic heterocycles. The van der Waals surface area contributed by atoms with E-state index in [9.17, 15) is 4.79 Å². The summed E-state index contributed by atoms with van der Waals surface area (Å²) in [6.45, 7) is 4.67. The van der Waals surface area contributed by atoms with Gasteiger partial charge in [0.1, 0.15) is 6.04 Å². The van der Waals surface area contributed by atoms with Crippen LogP contribution < -0.4 is 14.8 Å². The summed E-state index contributed by atoms with van der Waals surface area (Å²) in [5, 5.41) is 11.7. The summed E-state index contributed by atoms with van der Waals surface area (Å²) in [7, 11) is 0. The van der Waals surface area contributed by atoms with E-state index in [1.165, 1.54) is 12.8 Å². The Labute approximate surface area is 148 Å². The van der Waals surface area contributed by atoms with Crippen LogP contribution in [0.25, 0.3) is 0 Å². The van der Waals surface area contributed by atoms with E-state index in [1.807, 2.05) is 19.9 Å². The Morgan fingerprint density at radius 1 is 1.36 bits per heavy atom. The Morgan fingerprint density at radius 3 is 2.72 bits per heavy atom. The summed E-state index contributed by atoms with van der Waals surface area (Å²) < 4.78 is 11.1. The number of carbonyl (C=O) groups is 1. The lowest BCUT2D eigenvalue weighted by Gasteiger charge is -2.14. The van der Waals surface area contributed by atoms with Gasteiger partial charge in [-0.1, -0.05) is 13.8 Å². The van der Waals surface area contributed by atoms with Crippen molar-refractivity contribution in [3.63, 3.8) is 0 Å². The Hall–Kier alpha value is -2.29. The quantitative estimate of drug-likeness (QED) is 0.776. The lowest BCUT2D eigenvalue weighted by molar-refractivity contribution is 0.194. The van der Waals surface area contributed by atoms with Crippen molar-refractivity contribution in [2.75, 3.05) is 6.61 Å². The number of nitrogens with zero attached hydrogens (tertiary/aromatic N) is 2. The van der Waals surface area contributed by atoms with E-state index >= 15 is 0 Å². The molecule has 0 saturated heterocycles. The van der Waals surface area contributed by atoms with Gasteiger partial charge in [0, 0.05) is 11.6 Å². The van der Waals surface area contributed by atoms with Crippen LogP contribution in [0, 0.1) is 23.2 Å². The van der Waals surface area contributed by atoms with Crippen LogP contribution in [0.2, 0.25) is 0 Å². The molecule has 0 radical (unpaired) electrons. The fraction of sp³-hybridized carbons (Fsp3) is 0.632. The van der Waals surface area contributed by atoms with Gasteiger partial charge in [-0.05, 0) is 55.9 Å². The molecule has 0 aromatic carbocycles. The first-order chi connectivity index (χ1) is 12.0. The standard InChI is InChI=1S/C19H25N3O3/c1-12(2)9-15(10-20)21-19(23)25-17-8-7-16(14-5-6-14)18(22-17)24-11-13-3-4-13/h7-8,12-15H,3-6,9,11H2,1-2H3,(H,21,23). The lowest BCUT2D eigenvalue weighted by atomic mass is 10.1. The van der Waals surface area contributed by atoms with E-state index in [0.717, 1.165) is 18.4 Å². The highest BCUT2D eigenvalue weighted by Gasteiger charge is 2.29. The molecule has 0 spiro atoms. The molecule has 2 saturated carbocycles. The highest BCUT2D eigenvalue weighted by atomic mass is 16.6. The molecule has 25 heavy (non-hydrogen) atoms. The Morgan fingerprint density at radius 2 is 2.12 bits per heavy atom. The first-order valence-corrected chi connectivity index (χ1v) is 9.07. The van der Waals surface area contributed by atoms with Crippen molar-refractivity contribution in [3.05, 3.63) is 17.7 Å². The second kappa shape index (κ2) is 7.73. The predicted molar refractivity (Wildman–Crippen MR) is 92.4 cm³/mol. The minimum Gasteiger partial charge on any atom is -0.477 e. The van der Waals surface area contributed by atoms with E-state index in [0.29, 0.717) is 36.7 Å². The number of amides is 1. The number of pyridine rings is 1. The highest BCUT2D eigenvalue weighted by Crippen LogP contribution is 2.44. The first kappa shape index (κ1) is 17.5. The second-order valence-electron chi connectivity index (χ2n) is 7.42. The number of nitriles is 1. The lowest BCUT2D eigenvalue weighted by Crippen LogP contribution is -2.36. The largest absolute Gasteiger partial charge is 0.477 e. The van der Waals surface area contributed by atoms with Crippen LogP contribution >= 0.6 is 0 Å². The van der Waals surface area contributed by atoms with E-state index in [2.05, 4.69) is 16.4 Å².